The van der Waals surface area contributed by atoms with Crippen LogP contribution in [0.3, 0.4) is 0 Å². The van der Waals surface area contributed by atoms with Gasteiger partial charge in [-0.15, -0.1) is 0 Å². The topological polar surface area (TPSA) is 130 Å². The zero-order valence-corrected chi connectivity index (χ0v) is 19.9. The largest absolute Gasteiger partial charge is 1.00 e. The van der Waals surface area contributed by atoms with Gasteiger partial charge in [0.05, 0.1) is 23.4 Å². The number of rotatable bonds is 7. The molecule has 32 heavy (non-hydrogen) atoms. The van der Waals surface area contributed by atoms with E-state index in [2.05, 4.69) is 21.3 Å². The van der Waals surface area contributed by atoms with Crippen LogP contribution in [0.15, 0.2) is 47.1 Å². The van der Waals surface area contributed by atoms with Gasteiger partial charge in [0.25, 0.3) is 5.89 Å². The van der Waals surface area contributed by atoms with Crippen LogP contribution in [0, 0.1) is 11.3 Å². The maximum atomic E-state index is 10.7. The number of aryl methyl sites for hydroxylation is 1. The van der Waals surface area contributed by atoms with E-state index in [4.69, 9.17) is 9.26 Å². The molecule has 4 aromatic rings. The Labute approximate surface area is 205 Å². The van der Waals surface area contributed by atoms with Gasteiger partial charge in [0.1, 0.15) is 11.8 Å². The standard InChI is InChI=1S/C22H19N5O4.Na/c1-13(2)30-19-6-4-15(10-16(19)11-23)22-25-21(26-31-22)14-3-5-18-17(9-14)12-24-27(18)8-7-20(28)29;/h3-6,9-10,12-13H,7-8H2,1-2H3,(H,28,29);/q;+1/p-1. The molecule has 0 radical (unpaired) electrons. The number of carboxylic acids is 1. The van der Waals surface area contributed by atoms with Gasteiger partial charge in [0.2, 0.25) is 5.82 Å². The zero-order valence-electron chi connectivity index (χ0n) is 17.9. The quantitative estimate of drug-likeness (QED) is 0.354. The molecule has 156 valence electrons. The van der Waals surface area contributed by atoms with Crippen molar-refractivity contribution in [1.29, 1.82) is 5.26 Å². The van der Waals surface area contributed by atoms with Crippen LogP contribution < -0.4 is 39.4 Å². The van der Waals surface area contributed by atoms with E-state index in [0.717, 1.165) is 16.5 Å². The minimum atomic E-state index is -1.12. The molecule has 0 aliphatic heterocycles. The summed E-state index contributed by atoms with van der Waals surface area (Å²) in [5.41, 5.74) is 2.52. The van der Waals surface area contributed by atoms with E-state index in [0.29, 0.717) is 22.7 Å². The monoisotopic (exact) mass is 439 g/mol. The average Bonchev–Trinajstić information content (AvgIpc) is 3.39. The number of hydrogen-bond donors (Lipinski definition) is 0. The predicted octanol–water partition coefficient (Wildman–Crippen LogP) is -0.444. The summed E-state index contributed by atoms with van der Waals surface area (Å²) in [6.07, 6.45) is 1.49. The van der Waals surface area contributed by atoms with Crippen molar-refractivity contribution in [3.63, 3.8) is 0 Å². The van der Waals surface area contributed by atoms with Crippen LogP contribution in [0.5, 0.6) is 5.75 Å². The molecule has 0 spiro atoms. The second-order valence-electron chi connectivity index (χ2n) is 7.18. The van der Waals surface area contributed by atoms with Crippen LogP contribution in [-0.4, -0.2) is 32.0 Å². The third-order valence-corrected chi connectivity index (χ3v) is 4.56. The van der Waals surface area contributed by atoms with Crippen LogP contribution in [0.25, 0.3) is 33.7 Å². The maximum Gasteiger partial charge on any atom is 1.00 e. The normalized spacial score (nSPS) is 10.7. The van der Waals surface area contributed by atoms with Gasteiger partial charge in [-0.1, -0.05) is 5.16 Å². The Kier molecular flexibility index (Phi) is 7.30. The van der Waals surface area contributed by atoms with Gasteiger partial charge in [-0.3, -0.25) is 4.68 Å². The van der Waals surface area contributed by atoms with Crippen molar-refractivity contribution >= 4 is 16.9 Å². The molecule has 4 rings (SSSR count). The molecule has 0 fully saturated rings. The van der Waals surface area contributed by atoms with Crippen molar-refractivity contribution in [2.75, 3.05) is 0 Å². The SMILES string of the molecule is CC(C)Oc1ccc(-c2nc(-c3ccc4c(cnn4CCC(=O)[O-])c3)no2)cc1C#N.[Na+]. The third kappa shape index (κ3) is 4.99. The third-order valence-electron chi connectivity index (χ3n) is 4.56. The van der Waals surface area contributed by atoms with Crippen LogP contribution in [0.1, 0.15) is 25.8 Å². The first-order valence-electron chi connectivity index (χ1n) is 9.65. The second-order valence-corrected chi connectivity index (χ2v) is 7.18. The van der Waals surface area contributed by atoms with Crippen LogP contribution in [0.2, 0.25) is 0 Å². The van der Waals surface area contributed by atoms with E-state index in [-0.39, 0.29) is 54.5 Å². The number of nitrogens with zero attached hydrogens (tertiary/aromatic N) is 5. The number of carbonyl (C=O) groups excluding carboxylic acids is 1. The zero-order chi connectivity index (χ0) is 22.0. The smallest absolute Gasteiger partial charge is 0.550 e. The number of aliphatic carboxylic acids is 1. The van der Waals surface area contributed by atoms with Crippen molar-refractivity contribution in [3.8, 4) is 34.7 Å². The summed E-state index contributed by atoms with van der Waals surface area (Å²) in [5.74, 6) is 0.0535. The minimum Gasteiger partial charge on any atom is -0.550 e. The van der Waals surface area contributed by atoms with Crippen LogP contribution in [0.4, 0.5) is 0 Å². The van der Waals surface area contributed by atoms with Gasteiger partial charge in [0, 0.05) is 35.4 Å². The molecule has 0 saturated carbocycles. The van der Waals surface area contributed by atoms with Crippen molar-refractivity contribution in [2.24, 2.45) is 0 Å². The summed E-state index contributed by atoms with van der Waals surface area (Å²) in [5, 5.41) is 29.2. The number of fused-ring (bicyclic) bond motifs is 1. The van der Waals surface area contributed by atoms with Gasteiger partial charge >= 0.3 is 29.6 Å². The second kappa shape index (κ2) is 9.96. The number of nitriles is 1. The molecule has 0 unspecified atom stereocenters. The van der Waals surface area contributed by atoms with Crippen LogP contribution >= 0.6 is 0 Å². The fourth-order valence-corrected chi connectivity index (χ4v) is 3.17. The number of ether oxygens (including phenoxy) is 1. The summed E-state index contributed by atoms with van der Waals surface area (Å²) < 4.78 is 12.7. The molecule has 2 aromatic carbocycles. The van der Waals surface area contributed by atoms with Gasteiger partial charge in [-0.2, -0.15) is 15.3 Å². The fourth-order valence-electron chi connectivity index (χ4n) is 3.17. The Balaban J connectivity index is 0.00000289. The van der Waals surface area contributed by atoms with Crippen molar-refractivity contribution in [2.45, 2.75) is 32.9 Å². The van der Waals surface area contributed by atoms with Crippen molar-refractivity contribution < 1.29 is 48.7 Å². The van der Waals surface area contributed by atoms with E-state index in [1.807, 2.05) is 32.0 Å². The molecule has 2 heterocycles. The van der Waals surface area contributed by atoms with Crippen molar-refractivity contribution in [1.82, 2.24) is 19.9 Å². The summed E-state index contributed by atoms with van der Waals surface area (Å²) in [6, 6.07) is 12.8. The fraction of sp³-hybridized carbons (Fsp3) is 0.227. The Hall–Kier alpha value is -3.19. The number of carboxylic acid groups (broad SMARTS) is 1. The molecular weight excluding hydrogens is 421 g/mol. The van der Waals surface area contributed by atoms with Gasteiger partial charge in [-0.05, 0) is 50.2 Å². The molecule has 0 bridgehead atoms. The molecule has 9 nitrogen and oxygen atoms in total. The molecule has 0 atom stereocenters. The molecule has 0 saturated heterocycles. The predicted molar refractivity (Wildman–Crippen MR) is 109 cm³/mol. The van der Waals surface area contributed by atoms with E-state index in [1.54, 1.807) is 29.1 Å². The van der Waals surface area contributed by atoms with E-state index < -0.39 is 5.97 Å². The van der Waals surface area contributed by atoms with Gasteiger partial charge < -0.3 is 19.2 Å². The maximum absolute atomic E-state index is 10.7. The first kappa shape index (κ1) is 23.5. The number of aromatic nitrogens is 4. The Morgan fingerprint density at radius 2 is 2.03 bits per heavy atom. The number of hydrogen-bond acceptors (Lipinski definition) is 8. The summed E-state index contributed by atoms with van der Waals surface area (Å²) in [7, 11) is 0. The van der Waals surface area contributed by atoms with Crippen molar-refractivity contribution in [3.05, 3.63) is 48.2 Å². The molecule has 0 amide bonds. The van der Waals surface area contributed by atoms with Crippen LogP contribution in [-0.2, 0) is 11.3 Å². The molecule has 2 aromatic heterocycles. The van der Waals surface area contributed by atoms with E-state index in [1.165, 1.54) is 0 Å². The Morgan fingerprint density at radius 3 is 2.75 bits per heavy atom. The van der Waals surface area contributed by atoms with E-state index in [9.17, 15) is 15.2 Å². The summed E-state index contributed by atoms with van der Waals surface area (Å²) >= 11 is 0. The molecule has 10 heteroatoms. The molecular formula is C22H18N5NaO4. The first-order chi connectivity index (χ1) is 14.9. The average molecular weight is 439 g/mol. The minimum absolute atomic E-state index is 0. The molecule has 0 N–H and O–H groups in total. The summed E-state index contributed by atoms with van der Waals surface area (Å²) in [4.78, 5) is 15.1. The molecule has 0 aliphatic rings. The van der Waals surface area contributed by atoms with Gasteiger partial charge in [0.15, 0.2) is 0 Å². The first-order valence-corrected chi connectivity index (χ1v) is 9.65. The van der Waals surface area contributed by atoms with E-state index >= 15 is 0 Å². The Morgan fingerprint density at radius 1 is 1.25 bits per heavy atom. The molecule has 0 aliphatic carbocycles. The number of benzene rings is 2. The Bertz CT molecular complexity index is 1310. The van der Waals surface area contributed by atoms with Gasteiger partial charge in [-0.25, -0.2) is 0 Å². The summed E-state index contributed by atoms with van der Waals surface area (Å²) in [6.45, 7) is 4.02. The number of carbonyl (C=O) groups is 1.